The van der Waals surface area contributed by atoms with Gasteiger partial charge >= 0.3 is 6.36 Å². The highest BCUT2D eigenvalue weighted by molar-refractivity contribution is 6.03. The lowest BCUT2D eigenvalue weighted by atomic mass is 9.88. The second-order valence-electron chi connectivity index (χ2n) is 4.78. The van der Waals surface area contributed by atoms with E-state index >= 15 is 0 Å². The van der Waals surface area contributed by atoms with Crippen LogP contribution in [-0.4, -0.2) is 12.1 Å². The summed E-state index contributed by atoms with van der Waals surface area (Å²) in [5, 5.41) is 0. The second-order valence-corrected chi connectivity index (χ2v) is 4.78. The van der Waals surface area contributed by atoms with Crippen molar-refractivity contribution in [2.24, 2.45) is 0 Å². The molecule has 0 saturated heterocycles. The SMILES string of the molecule is CCC(C(=O)c1ccccc1OC(F)(F)F)c1ccccc1. The molecule has 0 radical (unpaired) electrons. The van der Waals surface area contributed by atoms with Crippen molar-refractivity contribution in [3.05, 3.63) is 65.7 Å². The van der Waals surface area contributed by atoms with E-state index in [1.54, 1.807) is 24.3 Å². The molecule has 0 spiro atoms. The fourth-order valence-corrected chi connectivity index (χ4v) is 2.33. The normalized spacial score (nSPS) is 12.7. The molecule has 2 nitrogen and oxygen atoms in total. The van der Waals surface area contributed by atoms with Crippen LogP contribution in [0.2, 0.25) is 0 Å². The average Bonchev–Trinajstić information content (AvgIpc) is 2.48. The van der Waals surface area contributed by atoms with Crippen LogP contribution in [-0.2, 0) is 0 Å². The van der Waals surface area contributed by atoms with Crippen LogP contribution in [0.1, 0.15) is 35.2 Å². The monoisotopic (exact) mass is 308 g/mol. The van der Waals surface area contributed by atoms with Crippen LogP contribution in [0.3, 0.4) is 0 Å². The lowest BCUT2D eigenvalue weighted by Gasteiger charge is -2.17. The van der Waals surface area contributed by atoms with Crippen LogP contribution in [0.4, 0.5) is 13.2 Å². The Morgan fingerprint density at radius 3 is 2.23 bits per heavy atom. The zero-order chi connectivity index (χ0) is 16.2. The van der Waals surface area contributed by atoms with Gasteiger partial charge in [-0.25, -0.2) is 0 Å². The quantitative estimate of drug-likeness (QED) is 0.730. The van der Waals surface area contributed by atoms with Crippen molar-refractivity contribution in [3.8, 4) is 5.75 Å². The van der Waals surface area contributed by atoms with E-state index in [1.165, 1.54) is 18.2 Å². The van der Waals surface area contributed by atoms with Crippen LogP contribution >= 0.6 is 0 Å². The van der Waals surface area contributed by atoms with E-state index in [2.05, 4.69) is 4.74 Å². The Hall–Kier alpha value is -2.30. The van der Waals surface area contributed by atoms with Gasteiger partial charge in [0.2, 0.25) is 0 Å². The largest absolute Gasteiger partial charge is 0.573 e. The Morgan fingerprint density at radius 1 is 1.05 bits per heavy atom. The standard InChI is InChI=1S/C17H15F3O2/c1-2-13(12-8-4-3-5-9-12)16(21)14-10-6-7-11-15(14)22-17(18,19)20/h3-11,13H,2H2,1H3. The number of carbonyl (C=O) groups excluding carboxylic acids is 1. The molecule has 2 aromatic carbocycles. The van der Waals surface area contributed by atoms with Crippen molar-refractivity contribution in [1.82, 2.24) is 0 Å². The van der Waals surface area contributed by atoms with E-state index in [1.807, 2.05) is 13.0 Å². The third-order valence-corrected chi connectivity index (χ3v) is 3.30. The van der Waals surface area contributed by atoms with Crippen LogP contribution in [0.5, 0.6) is 5.75 Å². The van der Waals surface area contributed by atoms with Crippen LogP contribution in [0, 0.1) is 0 Å². The number of halogens is 3. The summed E-state index contributed by atoms with van der Waals surface area (Å²) in [5.41, 5.74) is 0.715. The summed E-state index contributed by atoms with van der Waals surface area (Å²) >= 11 is 0. The number of hydrogen-bond acceptors (Lipinski definition) is 2. The zero-order valence-electron chi connectivity index (χ0n) is 11.9. The minimum absolute atomic E-state index is 0.0597. The number of alkyl halides is 3. The number of carbonyl (C=O) groups is 1. The van der Waals surface area contributed by atoms with E-state index in [0.29, 0.717) is 6.42 Å². The summed E-state index contributed by atoms with van der Waals surface area (Å²) in [6.07, 6.45) is -4.34. The number of ether oxygens (including phenoxy) is 1. The molecule has 2 rings (SSSR count). The van der Waals surface area contributed by atoms with Gasteiger partial charge in [-0.3, -0.25) is 4.79 Å². The molecule has 0 aromatic heterocycles. The predicted octanol–water partition coefficient (Wildman–Crippen LogP) is 4.96. The maximum absolute atomic E-state index is 12.6. The third kappa shape index (κ3) is 3.87. The zero-order valence-corrected chi connectivity index (χ0v) is 11.9. The molecule has 116 valence electrons. The minimum Gasteiger partial charge on any atom is -0.405 e. The van der Waals surface area contributed by atoms with Gasteiger partial charge in [0.05, 0.1) is 5.56 Å². The molecule has 0 bridgehead atoms. The molecule has 0 saturated carbocycles. The summed E-state index contributed by atoms with van der Waals surface area (Å²) in [6.45, 7) is 1.82. The topological polar surface area (TPSA) is 26.3 Å². The molecule has 2 aromatic rings. The molecule has 1 atom stereocenters. The first kappa shape index (κ1) is 16.1. The van der Waals surface area contributed by atoms with Crippen molar-refractivity contribution < 1.29 is 22.7 Å². The van der Waals surface area contributed by atoms with Gasteiger partial charge in [0.1, 0.15) is 5.75 Å². The Labute approximate surface area is 126 Å². The average molecular weight is 308 g/mol. The molecule has 0 fully saturated rings. The van der Waals surface area contributed by atoms with Gasteiger partial charge in [0.15, 0.2) is 5.78 Å². The van der Waals surface area contributed by atoms with Crippen LogP contribution in [0.15, 0.2) is 54.6 Å². The number of para-hydroxylation sites is 1. The molecular weight excluding hydrogens is 293 g/mol. The number of hydrogen-bond donors (Lipinski definition) is 0. The fraction of sp³-hybridized carbons (Fsp3) is 0.235. The fourth-order valence-electron chi connectivity index (χ4n) is 2.33. The highest BCUT2D eigenvalue weighted by atomic mass is 19.4. The van der Waals surface area contributed by atoms with E-state index < -0.39 is 18.0 Å². The number of ketones is 1. The number of Topliss-reactive ketones (excluding diaryl/α,β-unsaturated/α-hetero) is 1. The van der Waals surface area contributed by atoms with Crippen LogP contribution in [0.25, 0.3) is 0 Å². The van der Waals surface area contributed by atoms with Gasteiger partial charge in [0.25, 0.3) is 0 Å². The van der Waals surface area contributed by atoms with Crippen molar-refractivity contribution in [1.29, 1.82) is 0 Å². The van der Waals surface area contributed by atoms with Crippen LogP contribution < -0.4 is 4.74 Å². The minimum atomic E-state index is -4.83. The van der Waals surface area contributed by atoms with E-state index in [9.17, 15) is 18.0 Å². The molecular formula is C17H15F3O2. The molecule has 0 heterocycles. The molecule has 0 aliphatic heterocycles. The van der Waals surface area contributed by atoms with Crippen molar-refractivity contribution in [2.75, 3.05) is 0 Å². The van der Waals surface area contributed by atoms with Gasteiger partial charge in [-0.2, -0.15) is 0 Å². The molecule has 0 aliphatic rings. The first-order chi connectivity index (χ1) is 10.4. The lowest BCUT2D eigenvalue weighted by Crippen LogP contribution is -2.20. The molecule has 0 amide bonds. The Balaban J connectivity index is 2.36. The van der Waals surface area contributed by atoms with Gasteiger partial charge in [0, 0.05) is 5.92 Å². The highest BCUT2D eigenvalue weighted by Gasteiger charge is 2.33. The first-order valence-corrected chi connectivity index (χ1v) is 6.86. The first-order valence-electron chi connectivity index (χ1n) is 6.86. The van der Waals surface area contributed by atoms with Crippen molar-refractivity contribution >= 4 is 5.78 Å². The summed E-state index contributed by atoms with van der Waals surface area (Å²) in [7, 11) is 0. The molecule has 1 unspecified atom stereocenters. The Kier molecular flexibility index (Phi) is 4.85. The molecule has 0 N–H and O–H groups in total. The third-order valence-electron chi connectivity index (χ3n) is 3.30. The summed E-state index contributed by atoms with van der Waals surface area (Å²) in [6, 6.07) is 14.4. The van der Waals surface area contributed by atoms with Gasteiger partial charge in [-0.15, -0.1) is 13.2 Å². The lowest BCUT2D eigenvalue weighted by molar-refractivity contribution is -0.274. The van der Waals surface area contributed by atoms with E-state index in [4.69, 9.17) is 0 Å². The van der Waals surface area contributed by atoms with E-state index in [-0.39, 0.29) is 11.3 Å². The van der Waals surface area contributed by atoms with Crippen molar-refractivity contribution in [2.45, 2.75) is 25.6 Å². The molecule has 22 heavy (non-hydrogen) atoms. The second kappa shape index (κ2) is 6.64. The van der Waals surface area contributed by atoms with Crippen molar-refractivity contribution in [3.63, 3.8) is 0 Å². The highest BCUT2D eigenvalue weighted by Crippen LogP contribution is 2.31. The number of benzene rings is 2. The maximum Gasteiger partial charge on any atom is 0.573 e. The summed E-state index contributed by atoms with van der Waals surface area (Å²) < 4.78 is 41.3. The predicted molar refractivity (Wildman–Crippen MR) is 76.9 cm³/mol. The Morgan fingerprint density at radius 2 is 1.64 bits per heavy atom. The van der Waals surface area contributed by atoms with E-state index in [0.717, 1.165) is 11.6 Å². The molecule has 5 heteroatoms. The van der Waals surface area contributed by atoms with Gasteiger partial charge < -0.3 is 4.74 Å². The number of rotatable bonds is 5. The van der Waals surface area contributed by atoms with Gasteiger partial charge in [-0.05, 0) is 24.1 Å². The Bertz CT molecular complexity index is 636. The molecule has 0 aliphatic carbocycles. The smallest absolute Gasteiger partial charge is 0.405 e. The maximum atomic E-state index is 12.6. The van der Waals surface area contributed by atoms with Gasteiger partial charge in [-0.1, -0.05) is 49.4 Å². The summed E-state index contributed by atoms with van der Waals surface area (Å²) in [4.78, 5) is 12.6. The summed E-state index contributed by atoms with van der Waals surface area (Å²) in [5.74, 6) is -1.35.